The number of amides is 1. The molecule has 0 atom stereocenters. The number of aromatic nitrogens is 2. The first kappa shape index (κ1) is 15.7. The third-order valence-corrected chi connectivity index (χ3v) is 4.19. The lowest BCUT2D eigenvalue weighted by atomic mass is 10.1. The fraction of sp³-hybridized carbons (Fsp3) is 0.188. The van der Waals surface area contributed by atoms with Crippen LogP contribution in [0.3, 0.4) is 0 Å². The minimum atomic E-state index is -0.299. The van der Waals surface area contributed by atoms with E-state index in [4.69, 9.17) is 16.3 Å². The van der Waals surface area contributed by atoms with Gasteiger partial charge in [-0.05, 0) is 37.6 Å². The first-order valence-corrected chi connectivity index (χ1v) is 8.06. The second-order valence-corrected chi connectivity index (χ2v) is 6.10. The molecule has 0 aliphatic rings. The molecule has 1 aromatic heterocycles. The quantitative estimate of drug-likeness (QED) is 0.775. The summed E-state index contributed by atoms with van der Waals surface area (Å²) >= 11 is 7.22. The number of nitrogens with one attached hydrogen (secondary N) is 1. The van der Waals surface area contributed by atoms with Crippen LogP contribution in [0.5, 0.6) is 5.75 Å². The highest BCUT2D eigenvalue weighted by molar-refractivity contribution is 7.00. The Morgan fingerprint density at radius 1 is 1.26 bits per heavy atom. The molecule has 0 unspecified atom stereocenters. The van der Waals surface area contributed by atoms with E-state index in [1.54, 1.807) is 12.1 Å². The normalized spacial score (nSPS) is 10.7. The zero-order valence-corrected chi connectivity index (χ0v) is 14.2. The van der Waals surface area contributed by atoms with Gasteiger partial charge < -0.3 is 10.1 Å². The number of benzene rings is 2. The zero-order valence-electron chi connectivity index (χ0n) is 12.6. The lowest BCUT2D eigenvalue weighted by Crippen LogP contribution is -2.20. The maximum Gasteiger partial charge on any atom is 0.262 e. The van der Waals surface area contributed by atoms with Crippen LogP contribution in [0.2, 0.25) is 5.02 Å². The van der Waals surface area contributed by atoms with Crippen molar-refractivity contribution in [2.45, 2.75) is 13.8 Å². The molecule has 0 spiro atoms. The molecule has 23 heavy (non-hydrogen) atoms. The molecule has 1 amide bonds. The molecule has 0 aliphatic heterocycles. The molecule has 0 aliphatic carbocycles. The number of hydrogen-bond acceptors (Lipinski definition) is 5. The first-order valence-electron chi connectivity index (χ1n) is 6.95. The average molecular weight is 348 g/mol. The molecule has 3 aromatic rings. The van der Waals surface area contributed by atoms with Crippen LogP contribution in [-0.2, 0) is 4.79 Å². The molecule has 3 rings (SSSR count). The van der Waals surface area contributed by atoms with E-state index in [9.17, 15) is 4.79 Å². The largest absolute Gasteiger partial charge is 0.483 e. The number of fused-ring (bicyclic) bond motifs is 1. The average Bonchev–Trinajstić information content (AvgIpc) is 2.98. The SMILES string of the molecule is Cc1ccc(OCC(=O)Nc2c(Cl)ccc3nsnc23)c(C)c1. The van der Waals surface area contributed by atoms with Crippen molar-refractivity contribution in [1.29, 1.82) is 0 Å². The van der Waals surface area contributed by atoms with Crippen molar-refractivity contribution >= 4 is 46.0 Å². The predicted molar refractivity (Wildman–Crippen MR) is 92.5 cm³/mol. The van der Waals surface area contributed by atoms with Gasteiger partial charge in [0.15, 0.2) is 6.61 Å². The summed E-state index contributed by atoms with van der Waals surface area (Å²) < 4.78 is 13.9. The monoisotopic (exact) mass is 347 g/mol. The summed E-state index contributed by atoms with van der Waals surface area (Å²) in [5, 5.41) is 3.17. The van der Waals surface area contributed by atoms with E-state index in [0.29, 0.717) is 27.5 Å². The number of nitrogens with zero attached hydrogens (tertiary/aromatic N) is 2. The molecule has 0 saturated heterocycles. The Hall–Kier alpha value is -2.18. The standard InChI is InChI=1S/C16H14ClN3O2S/c1-9-3-6-13(10(2)7-9)22-8-14(21)18-15-11(17)4-5-12-16(15)20-23-19-12/h3-7H,8H2,1-2H3,(H,18,21). The summed E-state index contributed by atoms with van der Waals surface area (Å²) in [4.78, 5) is 12.1. The Morgan fingerprint density at radius 3 is 2.87 bits per heavy atom. The van der Waals surface area contributed by atoms with Crippen molar-refractivity contribution in [1.82, 2.24) is 8.75 Å². The number of carbonyl (C=O) groups is 1. The maximum absolute atomic E-state index is 12.1. The predicted octanol–water partition coefficient (Wildman–Crippen LogP) is 3.98. The van der Waals surface area contributed by atoms with Crippen molar-refractivity contribution in [2.75, 3.05) is 11.9 Å². The Bertz CT molecular complexity index is 879. The topological polar surface area (TPSA) is 64.1 Å². The number of halogens is 1. The van der Waals surface area contributed by atoms with E-state index in [1.165, 1.54) is 0 Å². The van der Waals surface area contributed by atoms with E-state index in [0.717, 1.165) is 22.9 Å². The van der Waals surface area contributed by atoms with Gasteiger partial charge in [0.25, 0.3) is 5.91 Å². The fourth-order valence-electron chi connectivity index (χ4n) is 2.23. The second kappa shape index (κ2) is 6.52. The van der Waals surface area contributed by atoms with Crippen LogP contribution in [-0.4, -0.2) is 21.3 Å². The van der Waals surface area contributed by atoms with E-state index >= 15 is 0 Å². The number of ether oxygens (including phenoxy) is 1. The molecule has 1 N–H and O–H groups in total. The Balaban J connectivity index is 1.71. The molecule has 5 nitrogen and oxygen atoms in total. The minimum absolute atomic E-state index is 0.103. The Morgan fingerprint density at radius 2 is 2.09 bits per heavy atom. The lowest BCUT2D eigenvalue weighted by molar-refractivity contribution is -0.118. The van der Waals surface area contributed by atoms with Crippen LogP contribution in [0.15, 0.2) is 30.3 Å². The summed E-state index contributed by atoms with van der Waals surface area (Å²) in [7, 11) is 0. The van der Waals surface area contributed by atoms with Crippen LogP contribution in [0.25, 0.3) is 11.0 Å². The summed E-state index contributed by atoms with van der Waals surface area (Å²) in [5.74, 6) is 0.387. The summed E-state index contributed by atoms with van der Waals surface area (Å²) in [5.41, 5.74) is 3.88. The molecule has 7 heteroatoms. The van der Waals surface area contributed by atoms with Crippen LogP contribution in [0.4, 0.5) is 5.69 Å². The maximum atomic E-state index is 12.1. The van der Waals surface area contributed by atoms with Crippen molar-refractivity contribution in [2.24, 2.45) is 0 Å². The molecule has 0 saturated carbocycles. The molecule has 0 fully saturated rings. The third-order valence-electron chi connectivity index (χ3n) is 3.33. The van der Waals surface area contributed by atoms with Gasteiger partial charge in [-0.3, -0.25) is 4.79 Å². The number of anilines is 1. The van der Waals surface area contributed by atoms with Crippen molar-refractivity contribution in [3.63, 3.8) is 0 Å². The Kier molecular flexibility index (Phi) is 4.45. The third kappa shape index (κ3) is 3.43. The molecule has 0 bridgehead atoms. The van der Waals surface area contributed by atoms with Crippen molar-refractivity contribution in [3.05, 3.63) is 46.5 Å². The highest BCUT2D eigenvalue weighted by Gasteiger charge is 2.13. The van der Waals surface area contributed by atoms with Gasteiger partial charge in [0, 0.05) is 0 Å². The van der Waals surface area contributed by atoms with Crippen molar-refractivity contribution in [3.8, 4) is 5.75 Å². The van der Waals surface area contributed by atoms with Gasteiger partial charge in [-0.25, -0.2) is 0 Å². The minimum Gasteiger partial charge on any atom is -0.483 e. The van der Waals surface area contributed by atoms with Crippen LogP contribution >= 0.6 is 23.3 Å². The van der Waals surface area contributed by atoms with Gasteiger partial charge >= 0.3 is 0 Å². The van der Waals surface area contributed by atoms with Crippen LogP contribution in [0, 0.1) is 13.8 Å². The molecule has 2 aromatic carbocycles. The molecular formula is C16H14ClN3O2S. The fourth-order valence-corrected chi connectivity index (χ4v) is 2.97. The summed E-state index contributed by atoms with van der Waals surface area (Å²) in [6.45, 7) is 3.85. The summed E-state index contributed by atoms with van der Waals surface area (Å²) in [6.07, 6.45) is 0. The van der Waals surface area contributed by atoms with Gasteiger partial charge in [0.2, 0.25) is 0 Å². The van der Waals surface area contributed by atoms with Gasteiger partial charge in [-0.2, -0.15) is 8.75 Å². The number of aryl methyl sites for hydroxylation is 2. The molecule has 1 heterocycles. The zero-order chi connectivity index (χ0) is 16.4. The molecular weight excluding hydrogens is 334 g/mol. The van der Waals surface area contributed by atoms with E-state index in [-0.39, 0.29) is 12.5 Å². The van der Waals surface area contributed by atoms with E-state index < -0.39 is 0 Å². The summed E-state index contributed by atoms with van der Waals surface area (Å²) in [6, 6.07) is 9.26. The first-order chi connectivity index (χ1) is 11.0. The van der Waals surface area contributed by atoms with Gasteiger partial charge in [-0.15, -0.1) is 0 Å². The van der Waals surface area contributed by atoms with E-state index in [1.807, 2.05) is 32.0 Å². The second-order valence-electron chi connectivity index (χ2n) is 5.16. The molecule has 0 radical (unpaired) electrons. The highest BCUT2D eigenvalue weighted by atomic mass is 35.5. The number of carbonyl (C=O) groups excluding carboxylic acids is 1. The number of hydrogen-bond donors (Lipinski definition) is 1. The van der Waals surface area contributed by atoms with Gasteiger partial charge in [0.1, 0.15) is 16.8 Å². The van der Waals surface area contributed by atoms with Crippen molar-refractivity contribution < 1.29 is 9.53 Å². The van der Waals surface area contributed by atoms with Gasteiger partial charge in [-0.1, -0.05) is 29.3 Å². The van der Waals surface area contributed by atoms with Crippen LogP contribution < -0.4 is 10.1 Å². The smallest absolute Gasteiger partial charge is 0.262 e. The van der Waals surface area contributed by atoms with E-state index in [2.05, 4.69) is 14.1 Å². The number of rotatable bonds is 4. The highest BCUT2D eigenvalue weighted by Crippen LogP contribution is 2.29. The van der Waals surface area contributed by atoms with Gasteiger partial charge in [0.05, 0.1) is 22.4 Å². The molecule has 118 valence electrons. The Labute approximate surface area is 142 Å². The van der Waals surface area contributed by atoms with Crippen LogP contribution in [0.1, 0.15) is 11.1 Å². The lowest BCUT2D eigenvalue weighted by Gasteiger charge is -2.11.